The van der Waals surface area contributed by atoms with E-state index in [2.05, 4.69) is 21.2 Å². The summed E-state index contributed by atoms with van der Waals surface area (Å²) < 4.78 is 11.9. The average Bonchev–Trinajstić information content (AvgIpc) is 2.41. The molecule has 0 saturated carbocycles. The molecule has 5 nitrogen and oxygen atoms in total. The Morgan fingerprint density at radius 3 is 2.57 bits per heavy atom. The summed E-state index contributed by atoms with van der Waals surface area (Å²) in [5.41, 5.74) is 0.706. The number of benzene rings is 1. The molecule has 1 rings (SSSR count). The Labute approximate surface area is 133 Å². The van der Waals surface area contributed by atoms with E-state index in [1.807, 2.05) is 20.8 Å². The van der Waals surface area contributed by atoms with E-state index in [9.17, 15) is 9.90 Å². The van der Waals surface area contributed by atoms with Crippen LogP contribution in [0.2, 0.25) is 0 Å². The first kappa shape index (κ1) is 17.8. The summed E-state index contributed by atoms with van der Waals surface area (Å²) in [6.45, 7) is 7.69. The van der Waals surface area contributed by atoms with Gasteiger partial charge in [0.25, 0.3) is 5.91 Å². The van der Waals surface area contributed by atoms with Crippen LogP contribution in [-0.4, -0.2) is 29.8 Å². The standard InChI is InChI=1S/C15H22BrNO4/c1-5-20-13-7-11(8-18)6-12(16)14(13)21-10(4)15(19)17-9(2)3/h6-7,9-10,18H,5,8H2,1-4H3,(H,17,19). The van der Waals surface area contributed by atoms with Crippen LogP contribution in [0, 0.1) is 0 Å². The highest BCUT2D eigenvalue weighted by molar-refractivity contribution is 9.10. The van der Waals surface area contributed by atoms with Gasteiger partial charge >= 0.3 is 0 Å². The minimum atomic E-state index is -0.650. The molecule has 0 radical (unpaired) electrons. The first-order valence-corrected chi connectivity index (χ1v) is 7.71. The smallest absolute Gasteiger partial charge is 0.260 e. The summed E-state index contributed by atoms with van der Waals surface area (Å²) in [7, 11) is 0. The molecular weight excluding hydrogens is 338 g/mol. The molecule has 0 aliphatic carbocycles. The van der Waals surface area contributed by atoms with Gasteiger partial charge in [-0.25, -0.2) is 0 Å². The fourth-order valence-electron chi connectivity index (χ4n) is 1.72. The van der Waals surface area contributed by atoms with Crippen molar-refractivity contribution < 1.29 is 19.4 Å². The number of hydrogen-bond acceptors (Lipinski definition) is 4. The summed E-state index contributed by atoms with van der Waals surface area (Å²) in [4.78, 5) is 11.9. The van der Waals surface area contributed by atoms with Crippen LogP contribution in [0.4, 0.5) is 0 Å². The molecule has 1 amide bonds. The zero-order valence-corrected chi connectivity index (χ0v) is 14.4. The van der Waals surface area contributed by atoms with Crippen molar-refractivity contribution in [2.24, 2.45) is 0 Å². The molecule has 1 atom stereocenters. The molecule has 1 aromatic rings. The van der Waals surface area contributed by atoms with Crippen molar-refractivity contribution >= 4 is 21.8 Å². The van der Waals surface area contributed by atoms with E-state index in [0.29, 0.717) is 28.1 Å². The van der Waals surface area contributed by atoms with Gasteiger partial charge in [0.2, 0.25) is 0 Å². The Morgan fingerprint density at radius 2 is 2.05 bits per heavy atom. The highest BCUT2D eigenvalue weighted by Crippen LogP contribution is 2.37. The topological polar surface area (TPSA) is 67.8 Å². The monoisotopic (exact) mass is 359 g/mol. The average molecular weight is 360 g/mol. The lowest BCUT2D eigenvalue weighted by atomic mass is 10.2. The van der Waals surface area contributed by atoms with Gasteiger partial charge in [-0.1, -0.05) is 0 Å². The molecule has 0 heterocycles. The fourth-order valence-corrected chi connectivity index (χ4v) is 2.31. The van der Waals surface area contributed by atoms with E-state index < -0.39 is 6.10 Å². The highest BCUT2D eigenvalue weighted by atomic mass is 79.9. The maximum atomic E-state index is 11.9. The zero-order chi connectivity index (χ0) is 16.0. The van der Waals surface area contributed by atoms with Crippen LogP contribution in [0.25, 0.3) is 0 Å². The summed E-state index contributed by atoms with van der Waals surface area (Å²) in [6, 6.07) is 3.50. The fraction of sp³-hybridized carbons (Fsp3) is 0.533. The predicted octanol–water partition coefficient (Wildman–Crippen LogP) is 2.63. The number of ether oxygens (including phenoxy) is 2. The Kier molecular flexibility index (Phi) is 6.98. The Balaban J connectivity index is 2.98. The molecular formula is C15H22BrNO4. The number of aliphatic hydroxyl groups excluding tert-OH is 1. The predicted molar refractivity (Wildman–Crippen MR) is 84.6 cm³/mol. The molecule has 0 saturated heterocycles. The van der Waals surface area contributed by atoms with Gasteiger partial charge < -0.3 is 19.9 Å². The third-order valence-electron chi connectivity index (χ3n) is 2.65. The first-order chi connectivity index (χ1) is 9.88. The van der Waals surface area contributed by atoms with Crippen molar-refractivity contribution in [3.63, 3.8) is 0 Å². The Morgan fingerprint density at radius 1 is 1.38 bits per heavy atom. The molecule has 0 aromatic heterocycles. The number of carbonyl (C=O) groups excluding carboxylic acids is 1. The van der Waals surface area contributed by atoms with Gasteiger partial charge in [0.15, 0.2) is 17.6 Å². The van der Waals surface area contributed by atoms with Crippen molar-refractivity contribution in [3.8, 4) is 11.5 Å². The number of rotatable bonds is 7. The van der Waals surface area contributed by atoms with Crippen molar-refractivity contribution in [3.05, 3.63) is 22.2 Å². The van der Waals surface area contributed by atoms with E-state index in [4.69, 9.17) is 9.47 Å². The van der Waals surface area contributed by atoms with Gasteiger partial charge in [0.1, 0.15) is 0 Å². The van der Waals surface area contributed by atoms with Gasteiger partial charge in [-0.3, -0.25) is 4.79 Å². The molecule has 0 aliphatic heterocycles. The number of nitrogens with one attached hydrogen (secondary N) is 1. The molecule has 2 N–H and O–H groups in total. The van der Waals surface area contributed by atoms with Crippen LogP contribution in [0.3, 0.4) is 0 Å². The second-order valence-electron chi connectivity index (χ2n) is 4.92. The van der Waals surface area contributed by atoms with Gasteiger partial charge in [-0.05, 0) is 61.3 Å². The summed E-state index contributed by atoms with van der Waals surface area (Å²) in [6.07, 6.45) is -0.650. The quantitative estimate of drug-likeness (QED) is 0.785. The van der Waals surface area contributed by atoms with Crippen molar-refractivity contribution in [2.45, 2.75) is 46.4 Å². The van der Waals surface area contributed by atoms with Crippen molar-refractivity contribution in [1.29, 1.82) is 0 Å². The molecule has 21 heavy (non-hydrogen) atoms. The molecule has 1 aromatic carbocycles. The zero-order valence-electron chi connectivity index (χ0n) is 12.8. The summed E-state index contributed by atoms with van der Waals surface area (Å²) >= 11 is 3.39. The number of aliphatic hydroxyl groups is 1. The van der Waals surface area contributed by atoms with E-state index in [0.717, 1.165) is 0 Å². The minimum Gasteiger partial charge on any atom is -0.490 e. The maximum Gasteiger partial charge on any atom is 0.260 e. The van der Waals surface area contributed by atoms with Crippen LogP contribution in [0.15, 0.2) is 16.6 Å². The van der Waals surface area contributed by atoms with Crippen LogP contribution in [0.5, 0.6) is 11.5 Å². The number of carbonyl (C=O) groups is 1. The molecule has 118 valence electrons. The Bertz CT molecular complexity index is 491. The maximum absolute atomic E-state index is 11.9. The van der Waals surface area contributed by atoms with E-state index in [1.165, 1.54) is 0 Å². The number of hydrogen-bond donors (Lipinski definition) is 2. The molecule has 0 spiro atoms. The van der Waals surface area contributed by atoms with Gasteiger partial charge in [-0.2, -0.15) is 0 Å². The van der Waals surface area contributed by atoms with Crippen LogP contribution in [0.1, 0.15) is 33.3 Å². The minimum absolute atomic E-state index is 0.0510. The second kappa shape index (κ2) is 8.24. The third-order valence-corrected chi connectivity index (χ3v) is 3.24. The van der Waals surface area contributed by atoms with Crippen LogP contribution in [-0.2, 0) is 11.4 Å². The van der Waals surface area contributed by atoms with Crippen molar-refractivity contribution in [1.82, 2.24) is 5.32 Å². The van der Waals surface area contributed by atoms with Crippen molar-refractivity contribution in [2.75, 3.05) is 6.61 Å². The number of halogens is 1. The van der Waals surface area contributed by atoms with E-state index in [1.54, 1.807) is 19.1 Å². The van der Waals surface area contributed by atoms with Crippen LogP contribution >= 0.6 is 15.9 Å². The lowest BCUT2D eigenvalue weighted by molar-refractivity contribution is -0.127. The van der Waals surface area contributed by atoms with Gasteiger partial charge in [-0.15, -0.1) is 0 Å². The molecule has 1 unspecified atom stereocenters. The third kappa shape index (κ3) is 5.21. The molecule has 0 bridgehead atoms. The van der Waals surface area contributed by atoms with Gasteiger partial charge in [0.05, 0.1) is 17.7 Å². The highest BCUT2D eigenvalue weighted by Gasteiger charge is 2.20. The normalized spacial score (nSPS) is 12.1. The summed E-state index contributed by atoms with van der Waals surface area (Å²) in [5, 5.41) is 12.0. The molecule has 0 aliphatic rings. The van der Waals surface area contributed by atoms with Crippen LogP contribution < -0.4 is 14.8 Å². The molecule has 6 heteroatoms. The summed E-state index contributed by atoms with van der Waals surface area (Å²) in [5.74, 6) is 0.770. The van der Waals surface area contributed by atoms with E-state index in [-0.39, 0.29) is 18.6 Å². The lowest BCUT2D eigenvalue weighted by Gasteiger charge is -2.20. The Hall–Kier alpha value is -1.27. The number of amides is 1. The largest absolute Gasteiger partial charge is 0.490 e. The van der Waals surface area contributed by atoms with Gasteiger partial charge in [0, 0.05) is 6.04 Å². The second-order valence-corrected chi connectivity index (χ2v) is 5.77. The first-order valence-electron chi connectivity index (χ1n) is 6.92. The lowest BCUT2D eigenvalue weighted by Crippen LogP contribution is -2.40. The van der Waals surface area contributed by atoms with E-state index >= 15 is 0 Å². The molecule has 0 fully saturated rings. The SMILES string of the molecule is CCOc1cc(CO)cc(Br)c1OC(C)C(=O)NC(C)C.